The van der Waals surface area contributed by atoms with Crippen LogP contribution < -0.4 is 10.2 Å². The molecular weight excluding hydrogens is 426 g/mol. The number of anilines is 2. The Kier molecular flexibility index (Phi) is 5.51. The minimum Gasteiger partial charge on any atom is -0.323 e. The number of hydrogen-bond acceptors (Lipinski definition) is 4. The molecule has 1 N–H and O–H groups in total. The second-order valence-corrected chi connectivity index (χ2v) is 10.7. The highest BCUT2D eigenvalue weighted by Gasteiger charge is 2.36. The van der Waals surface area contributed by atoms with Gasteiger partial charge in [0.05, 0.1) is 16.3 Å². The first-order valence-corrected chi connectivity index (χ1v) is 12.7. The van der Waals surface area contributed by atoms with Gasteiger partial charge in [-0.25, -0.2) is 8.42 Å². The van der Waals surface area contributed by atoms with Crippen molar-refractivity contribution in [3.05, 3.63) is 53.6 Å². The zero-order valence-corrected chi connectivity index (χ0v) is 18.7. The molecule has 2 heterocycles. The number of carbonyl (C=O) groups is 2. The average Bonchev–Trinajstić information content (AvgIpc) is 2.82. The number of para-hydroxylation sites is 2. The van der Waals surface area contributed by atoms with Crippen LogP contribution in [0.15, 0.2) is 47.4 Å². The predicted molar refractivity (Wildman–Crippen MR) is 122 cm³/mol. The molecule has 3 aliphatic rings. The molecule has 0 aromatic heterocycles. The molecule has 2 aromatic rings. The van der Waals surface area contributed by atoms with E-state index in [-0.39, 0.29) is 24.3 Å². The fraction of sp³-hybridized carbons (Fsp3) is 0.417. The number of aryl methyl sites for hydroxylation is 2. The van der Waals surface area contributed by atoms with E-state index in [0.29, 0.717) is 42.2 Å². The van der Waals surface area contributed by atoms with Crippen molar-refractivity contribution in [1.29, 1.82) is 0 Å². The summed E-state index contributed by atoms with van der Waals surface area (Å²) in [5.41, 5.74) is 3.72. The molecule has 0 radical (unpaired) electrons. The highest BCUT2D eigenvalue weighted by molar-refractivity contribution is 7.89. The summed E-state index contributed by atoms with van der Waals surface area (Å²) in [6, 6.07) is 12.8. The Labute approximate surface area is 188 Å². The Morgan fingerprint density at radius 2 is 1.69 bits per heavy atom. The minimum atomic E-state index is -3.58. The summed E-state index contributed by atoms with van der Waals surface area (Å²) < 4.78 is 28.0. The van der Waals surface area contributed by atoms with Gasteiger partial charge in [-0.05, 0) is 73.9 Å². The molecule has 2 aliphatic heterocycles. The summed E-state index contributed by atoms with van der Waals surface area (Å²) in [5, 5.41) is 2.79. The van der Waals surface area contributed by atoms with Crippen LogP contribution in [0, 0.1) is 5.92 Å². The minimum absolute atomic E-state index is 0.0104. The Morgan fingerprint density at radius 3 is 2.47 bits per heavy atom. The van der Waals surface area contributed by atoms with Gasteiger partial charge in [0.15, 0.2) is 0 Å². The highest BCUT2D eigenvalue weighted by Crippen LogP contribution is 2.33. The predicted octanol–water partition coefficient (Wildman–Crippen LogP) is 2.95. The average molecular weight is 454 g/mol. The lowest BCUT2D eigenvalue weighted by molar-refractivity contribution is -0.125. The van der Waals surface area contributed by atoms with Crippen molar-refractivity contribution in [1.82, 2.24) is 4.31 Å². The highest BCUT2D eigenvalue weighted by atomic mass is 32.2. The van der Waals surface area contributed by atoms with Crippen LogP contribution in [-0.2, 0) is 32.5 Å². The Hall–Kier alpha value is -2.71. The largest absolute Gasteiger partial charge is 0.323 e. The van der Waals surface area contributed by atoms with E-state index in [9.17, 15) is 18.0 Å². The van der Waals surface area contributed by atoms with Crippen molar-refractivity contribution >= 4 is 33.2 Å². The number of carbonyl (C=O) groups excluding carboxylic acids is 2. The van der Waals surface area contributed by atoms with Crippen LogP contribution in [0.4, 0.5) is 11.4 Å². The molecule has 2 aromatic carbocycles. The van der Waals surface area contributed by atoms with Crippen LogP contribution in [0.1, 0.15) is 36.8 Å². The first kappa shape index (κ1) is 21.2. The first-order chi connectivity index (χ1) is 15.4. The van der Waals surface area contributed by atoms with Crippen LogP contribution in [-0.4, -0.2) is 44.2 Å². The quantitative estimate of drug-likeness (QED) is 0.774. The van der Waals surface area contributed by atoms with Gasteiger partial charge in [0, 0.05) is 19.0 Å². The first-order valence-electron chi connectivity index (χ1n) is 11.3. The second kappa shape index (κ2) is 8.33. The molecule has 0 spiro atoms. The standard InChI is InChI=1S/C24H27N3O4S/c28-23-16-27(22-8-4-3-7-21(22)25-23)24(29)18-11-13-26(14-12-18)32(30,31)20-10-9-17-5-1-2-6-19(17)15-20/h3-4,7-10,15,18H,1-2,5-6,11-14,16H2,(H,25,28). The van der Waals surface area contributed by atoms with Gasteiger partial charge in [0.2, 0.25) is 21.8 Å². The van der Waals surface area contributed by atoms with Gasteiger partial charge >= 0.3 is 0 Å². The Morgan fingerprint density at radius 1 is 0.969 bits per heavy atom. The van der Waals surface area contributed by atoms with E-state index in [0.717, 1.165) is 31.2 Å². The second-order valence-electron chi connectivity index (χ2n) is 8.81. The number of sulfonamides is 1. The number of hydrogen-bond donors (Lipinski definition) is 1. The smallest absolute Gasteiger partial charge is 0.244 e. The van der Waals surface area contributed by atoms with Crippen molar-refractivity contribution in [2.45, 2.75) is 43.4 Å². The topological polar surface area (TPSA) is 86.8 Å². The summed E-state index contributed by atoms with van der Waals surface area (Å²) >= 11 is 0. The van der Waals surface area contributed by atoms with E-state index in [2.05, 4.69) is 5.32 Å². The van der Waals surface area contributed by atoms with Gasteiger partial charge in [0.25, 0.3) is 0 Å². The zero-order chi connectivity index (χ0) is 22.3. The van der Waals surface area contributed by atoms with E-state index in [1.807, 2.05) is 30.3 Å². The van der Waals surface area contributed by atoms with Crippen LogP contribution in [0.5, 0.6) is 0 Å². The molecule has 0 saturated carbocycles. The molecule has 0 atom stereocenters. The van der Waals surface area contributed by atoms with Crippen molar-refractivity contribution < 1.29 is 18.0 Å². The Balaban J connectivity index is 1.29. The SMILES string of the molecule is O=C1CN(C(=O)C2CCN(S(=O)(=O)c3ccc4c(c3)CCCC4)CC2)c2ccccc2N1. The number of amides is 2. The molecule has 1 fully saturated rings. The lowest BCUT2D eigenvalue weighted by Crippen LogP contribution is -2.48. The van der Waals surface area contributed by atoms with E-state index in [1.54, 1.807) is 12.1 Å². The molecule has 32 heavy (non-hydrogen) atoms. The van der Waals surface area contributed by atoms with E-state index >= 15 is 0 Å². The Bertz CT molecular complexity index is 1170. The molecule has 0 unspecified atom stereocenters. The van der Waals surface area contributed by atoms with Crippen LogP contribution in [0.2, 0.25) is 0 Å². The van der Waals surface area contributed by atoms with Crippen molar-refractivity contribution in [3.63, 3.8) is 0 Å². The van der Waals surface area contributed by atoms with Crippen molar-refractivity contribution in [2.24, 2.45) is 5.92 Å². The third kappa shape index (κ3) is 3.82. The lowest BCUT2D eigenvalue weighted by atomic mass is 9.92. The lowest BCUT2D eigenvalue weighted by Gasteiger charge is -2.35. The molecule has 0 bridgehead atoms. The number of fused-ring (bicyclic) bond motifs is 2. The molecule has 7 nitrogen and oxygen atoms in total. The number of nitrogens with zero attached hydrogens (tertiary/aromatic N) is 2. The summed E-state index contributed by atoms with van der Waals surface area (Å²) in [6.45, 7) is 0.596. The summed E-state index contributed by atoms with van der Waals surface area (Å²) in [4.78, 5) is 27.2. The molecule has 168 valence electrons. The van der Waals surface area contributed by atoms with Gasteiger partial charge in [-0.2, -0.15) is 4.31 Å². The molecule has 1 saturated heterocycles. The number of piperidine rings is 1. The third-order valence-electron chi connectivity index (χ3n) is 6.80. The zero-order valence-electron chi connectivity index (χ0n) is 17.9. The summed E-state index contributed by atoms with van der Waals surface area (Å²) in [7, 11) is -3.58. The van der Waals surface area contributed by atoms with Crippen LogP contribution in [0.3, 0.4) is 0 Å². The molecule has 1 aliphatic carbocycles. The fourth-order valence-corrected chi connectivity index (χ4v) is 6.53. The summed E-state index contributed by atoms with van der Waals surface area (Å²) in [5.74, 6) is -0.633. The third-order valence-corrected chi connectivity index (χ3v) is 8.69. The fourth-order valence-electron chi connectivity index (χ4n) is 5.01. The van der Waals surface area contributed by atoms with Crippen LogP contribution in [0.25, 0.3) is 0 Å². The maximum absolute atomic E-state index is 13.2. The summed E-state index contributed by atoms with van der Waals surface area (Å²) in [6.07, 6.45) is 5.10. The molecule has 8 heteroatoms. The van der Waals surface area contributed by atoms with Gasteiger partial charge in [-0.15, -0.1) is 0 Å². The van der Waals surface area contributed by atoms with Gasteiger partial charge in [0.1, 0.15) is 6.54 Å². The van der Waals surface area contributed by atoms with E-state index in [1.165, 1.54) is 14.8 Å². The van der Waals surface area contributed by atoms with Gasteiger partial charge in [-0.1, -0.05) is 18.2 Å². The maximum atomic E-state index is 13.2. The monoisotopic (exact) mass is 453 g/mol. The maximum Gasteiger partial charge on any atom is 0.244 e. The van der Waals surface area contributed by atoms with Crippen molar-refractivity contribution in [2.75, 3.05) is 29.9 Å². The van der Waals surface area contributed by atoms with Crippen molar-refractivity contribution in [3.8, 4) is 0 Å². The van der Waals surface area contributed by atoms with Crippen LogP contribution >= 0.6 is 0 Å². The molecule has 2 amide bonds. The molecule has 5 rings (SSSR count). The number of rotatable bonds is 3. The van der Waals surface area contributed by atoms with E-state index < -0.39 is 10.0 Å². The van der Waals surface area contributed by atoms with Gasteiger partial charge in [-0.3, -0.25) is 9.59 Å². The van der Waals surface area contributed by atoms with Gasteiger partial charge < -0.3 is 10.2 Å². The van der Waals surface area contributed by atoms with E-state index in [4.69, 9.17) is 0 Å². The normalized spacial score (nSPS) is 19.8. The number of nitrogens with one attached hydrogen (secondary N) is 1. The molecular formula is C24H27N3O4S. The number of benzene rings is 2.